The fourth-order valence-corrected chi connectivity index (χ4v) is 6.36. The molecule has 4 nitrogen and oxygen atoms in total. The number of pyridine rings is 1. The van der Waals surface area contributed by atoms with Crippen molar-refractivity contribution in [2.45, 2.75) is 33.0 Å². The van der Waals surface area contributed by atoms with E-state index in [0.717, 1.165) is 16.7 Å². The molecule has 0 atom stereocenters. The molecule has 1 N–H and O–H groups in total. The predicted molar refractivity (Wildman–Crippen MR) is 210 cm³/mol. The molecule has 2 heterocycles. The van der Waals surface area contributed by atoms with Gasteiger partial charge in [-0.2, -0.15) is 0 Å². The number of phenolic OH excluding ortho intramolecular Hbond substituents is 1. The second-order valence-corrected chi connectivity index (χ2v) is 13.4. The van der Waals surface area contributed by atoms with Crippen LogP contribution in [-0.2, 0) is 26.5 Å². The molecule has 2 aromatic heterocycles. The van der Waals surface area contributed by atoms with Crippen LogP contribution in [0, 0.1) is 12.9 Å². The molecule has 5 heteroatoms. The van der Waals surface area contributed by atoms with E-state index in [1.54, 1.807) is 59.3 Å². The van der Waals surface area contributed by atoms with E-state index >= 15 is 0 Å². The van der Waals surface area contributed by atoms with Gasteiger partial charge in [0.15, 0.2) is 0 Å². The van der Waals surface area contributed by atoms with E-state index in [4.69, 9.17) is 16.0 Å². The first kappa shape index (κ1) is 26.2. The van der Waals surface area contributed by atoms with E-state index in [1.807, 2.05) is 66.7 Å². The summed E-state index contributed by atoms with van der Waals surface area (Å²) in [6.45, 7) is 3.76. The number of fused-ring (bicyclic) bond motifs is 1. The second kappa shape index (κ2) is 14.2. The zero-order chi connectivity index (χ0) is 42.0. The van der Waals surface area contributed by atoms with Crippen LogP contribution in [0.3, 0.4) is 0 Å². The summed E-state index contributed by atoms with van der Waals surface area (Å²) in [5, 5.41) is 11.2. The van der Waals surface area contributed by atoms with Crippen molar-refractivity contribution < 1.29 is 37.1 Å². The van der Waals surface area contributed by atoms with Crippen molar-refractivity contribution in [2.24, 2.45) is 0 Å². The van der Waals surface area contributed by atoms with Crippen LogP contribution in [0.4, 0.5) is 0 Å². The average Bonchev–Trinajstić information content (AvgIpc) is 3.61. The summed E-state index contributed by atoms with van der Waals surface area (Å²) in [5.41, 5.74) is 7.28. The van der Waals surface area contributed by atoms with Gasteiger partial charge in [0.05, 0.1) is 29.1 Å². The van der Waals surface area contributed by atoms with Gasteiger partial charge in [-0.1, -0.05) is 129 Å². The molecular formula is C47H38N3OPt-. The molecule has 0 aliphatic carbocycles. The van der Waals surface area contributed by atoms with Crippen LogP contribution in [-0.4, -0.2) is 19.6 Å². The summed E-state index contributed by atoms with van der Waals surface area (Å²) in [6, 6.07) is 36.5. The number of aryl methyl sites for hydroxylation is 1. The van der Waals surface area contributed by atoms with Crippen LogP contribution in [0.25, 0.3) is 72.7 Å². The number of nitrogens with zero attached hydrogens (tertiary/aromatic N) is 3. The Labute approximate surface area is 331 Å². The maximum absolute atomic E-state index is 11.2. The molecule has 258 valence electrons. The van der Waals surface area contributed by atoms with E-state index in [2.05, 4.69) is 31.8 Å². The van der Waals surface area contributed by atoms with Crippen LogP contribution in [0.1, 0.15) is 42.9 Å². The molecule has 0 spiro atoms. The third-order valence-corrected chi connectivity index (χ3v) is 9.02. The van der Waals surface area contributed by atoms with Gasteiger partial charge < -0.3 is 5.11 Å². The third kappa shape index (κ3) is 6.63. The molecule has 8 aromatic rings. The van der Waals surface area contributed by atoms with E-state index in [1.165, 1.54) is 0 Å². The summed E-state index contributed by atoms with van der Waals surface area (Å²) in [4.78, 5) is 9.84. The van der Waals surface area contributed by atoms with Crippen molar-refractivity contribution in [3.63, 3.8) is 0 Å². The Hall–Kier alpha value is -5.57. The van der Waals surface area contributed by atoms with Crippen molar-refractivity contribution in [1.29, 1.82) is 0 Å². The minimum atomic E-state index is -2.51. The first-order chi connectivity index (χ1) is 28.0. The topological polar surface area (TPSA) is 50.9 Å². The zero-order valence-electron chi connectivity index (χ0n) is 36.7. The summed E-state index contributed by atoms with van der Waals surface area (Å²) >= 11 is 0. The van der Waals surface area contributed by atoms with Crippen LogP contribution in [0.15, 0.2) is 152 Å². The number of aromatic nitrogens is 3. The first-order valence-corrected chi connectivity index (χ1v) is 16.6. The fourth-order valence-electron chi connectivity index (χ4n) is 6.36. The number of para-hydroxylation sites is 2. The summed E-state index contributed by atoms with van der Waals surface area (Å²) in [5.74, 6) is 0.333. The van der Waals surface area contributed by atoms with Gasteiger partial charge >= 0.3 is 0 Å². The van der Waals surface area contributed by atoms with Crippen LogP contribution in [0.2, 0.25) is 0 Å². The van der Waals surface area contributed by atoms with Gasteiger partial charge in [-0.15, -0.1) is 29.3 Å². The second-order valence-electron chi connectivity index (χ2n) is 13.4. The van der Waals surface area contributed by atoms with Gasteiger partial charge in [0.2, 0.25) is 0 Å². The summed E-state index contributed by atoms with van der Waals surface area (Å²) in [6.07, 6.45) is 1.55. The fraction of sp³-hybridized carbons (Fsp3) is 0.106. The van der Waals surface area contributed by atoms with E-state index in [-0.39, 0.29) is 55.4 Å². The SMILES string of the molecule is [2H]c1c([2H])c([2H])c(-c2ccnc(-c3[c-]c(-c4cccc5c4nc(-c4ccccc4O)n5-c4ccc(-c5ccccc5)cc4C([2H])([2H])[2H])cc(C(C)(C)C)c3)c2)c([2H])c1[2H].[Pt]. The third-order valence-electron chi connectivity index (χ3n) is 9.02. The number of imidazole rings is 1. The molecule has 0 saturated heterocycles. The molecule has 0 bridgehead atoms. The van der Waals surface area contributed by atoms with Crippen molar-refractivity contribution in [3.8, 4) is 67.5 Å². The van der Waals surface area contributed by atoms with Crippen LogP contribution < -0.4 is 0 Å². The first-order valence-electron chi connectivity index (χ1n) is 20.6. The number of hydrogen-bond donors (Lipinski definition) is 1. The van der Waals surface area contributed by atoms with Crippen molar-refractivity contribution >= 4 is 11.0 Å². The minimum Gasteiger partial charge on any atom is -0.507 e. The average molecular weight is 864 g/mol. The number of aromatic hydroxyl groups is 1. The molecular weight excluding hydrogens is 818 g/mol. The van der Waals surface area contributed by atoms with Gasteiger partial charge in [0.25, 0.3) is 0 Å². The number of benzene rings is 6. The van der Waals surface area contributed by atoms with E-state index < -0.39 is 25.0 Å². The number of hydrogen-bond acceptors (Lipinski definition) is 3. The van der Waals surface area contributed by atoms with Crippen LogP contribution >= 0.6 is 0 Å². The molecule has 6 aromatic carbocycles. The Bertz CT molecular complexity index is 2910. The van der Waals surface area contributed by atoms with Gasteiger partial charge in [-0.05, 0) is 76.5 Å². The Balaban J connectivity index is 0.00000544. The molecule has 0 aliphatic rings. The Morgan fingerprint density at radius 2 is 1.44 bits per heavy atom. The molecule has 0 saturated carbocycles. The largest absolute Gasteiger partial charge is 0.507 e. The van der Waals surface area contributed by atoms with E-state index in [9.17, 15) is 5.11 Å². The summed E-state index contributed by atoms with van der Waals surface area (Å²) < 4.78 is 69.5. The summed E-state index contributed by atoms with van der Waals surface area (Å²) in [7, 11) is 0. The maximum atomic E-state index is 11.2. The predicted octanol–water partition coefficient (Wildman–Crippen LogP) is 11.9. The van der Waals surface area contributed by atoms with Crippen molar-refractivity contribution in [1.82, 2.24) is 14.5 Å². The molecule has 52 heavy (non-hydrogen) atoms. The Kier molecular flexibility index (Phi) is 7.17. The minimum absolute atomic E-state index is 0. The molecule has 0 fully saturated rings. The zero-order valence-corrected chi connectivity index (χ0v) is 30.9. The Morgan fingerprint density at radius 1 is 0.712 bits per heavy atom. The smallest absolute Gasteiger partial charge is 0.148 e. The van der Waals surface area contributed by atoms with Gasteiger partial charge in [-0.3, -0.25) is 9.55 Å². The molecule has 0 unspecified atom stereocenters. The van der Waals surface area contributed by atoms with Gasteiger partial charge in [0, 0.05) is 37.1 Å². The van der Waals surface area contributed by atoms with Crippen LogP contribution in [0.5, 0.6) is 5.75 Å². The molecule has 0 amide bonds. The van der Waals surface area contributed by atoms with Crippen molar-refractivity contribution in [3.05, 3.63) is 169 Å². The van der Waals surface area contributed by atoms with E-state index in [0.29, 0.717) is 56.1 Å². The quantitative estimate of drug-likeness (QED) is 0.169. The number of rotatable bonds is 6. The molecule has 8 rings (SSSR count). The molecule has 0 radical (unpaired) electrons. The number of phenols is 1. The molecule has 0 aliphatic heterocycles. The Morgan fingerprint density at radius 3 is 2.21 bits per heavy atom. The van der Waals surface area contributed by atoms with Crippen molar-refractivity contribution in [2.75, 3.05) is 0 Å². The monoisotopic (exact) mass is 863 g/mol. The maximum Gasteiger partial charge on any atom is 0.148 e. The standard InChI is InChI=1S/C47H38N3O.Pt/c1-31-26-34(32-14-7-5-8-15-32)22-23-42(31)50-43-20-13-19-39(45(43)49-46(50)40-18-11-12-21-44(40)51)36-27-37(29-38(28-36)47(2,3)4)41-30-35(24-25-48-41)33-16-9-6-10-17-33;/h5-26,28-30,51H,1-4H3;/q-1;/i1D3,6D,9D,10D,16D,17D;. The van der Waals surface area contributed by atoms with Gasteiger partial charge in [0.1, 0.15) is 11.6 Å². The normalized spacial score (nSPS) is 13.8. The van der Waals surface area contributed by atoms with Gasteiger partial charge in [-0.25, -0.2) is 4.98 Å².